The van der Waals surface area contributed by atoms with E-state index in [1.165, 1.54) is 16.3 Å². The molecule has 1 N–H and O–H groups in total. The van der Waals surface area contributed by atoms with Crippen molar-refractivity contribution in [3.05, 3.63) is 48.0 Å². The molecule has 1 nitrogen and oxygen atoms in total. The number of rotatable bonds is 2. The highest BCUT2D eigenvalue weighted by Crippen LogP contribution is 2.25. The molecule has 0 amide bonds. The van der Waals surface area contributed by atoms with Crippen LogP contribution in [0.1, 0.15) is 39.3 Å². The standard InChI is InChI=1S/C16H21N/c1-12(17-16(2,3)4)14-11-7-9-13-8-5-6-10-15(13)14/h5-12,17H,1-4H3/t12-/m0/s1. The minimum atomic E-state index is 0.135. The minimum absolute atomic E-state index is 0.135. The van der Waals surface area contributed by atoms with E-state index in [0.29, 0.717) is 6.04 Å². The molecule has 2 rings (SSSR count). The van der Waals surface area contributed by atoms with Gasteiger partial charge in [0.05, 0.1) is 0 Å². The van der Waals surface area contributed by atoms with Crippen molar-refractivity contribution < 1.29 is 0 Å². The summed E-state index contributed by atoms with van der Waals surface area (Å²) in [6, 6.07) is 15.5. The monoisotopic (exact) mass is 227 g/mol. The predicted molar refractivity (Wildman–Crippen MR) is 75.3 cm³/mol. The molecular formula is C16H21N. The van der Waals surface area contributed by atoms with Gasteiger partial charge in [0.2, 0.25) is 0 Å². The Hall–Kier alpha value is -1.34. The van der Waals surface area contributed by atoms with E-state index in [4.69, 9.17) is 0 Å². The van der Waals surface area contributed by atoms with Gasteiger partial charge < -0.3 is 5.32 Å². The smallest absolute Gasteiger partial charge is 0.0302 e. The molecule has 0 saturated heterocycles. The number of nitrogens with one attached hydrogen (secondary N) is 1. The van der Waals surface area contributed by atoms with Crippen LogP contribution in [0.3, 0.4) is 0 Å². The fraction of sp³-hybridized carbons (Fsp3) is 0.375. The lowest BCUT2D eigenvalue weighted by molar-refractivity contribution is 0.379. The Kier molecular flexibility index (Phi) is 3.21. The number of hydrogen-bond donors (Lipinski definition) is 1. The van der Waals surface area contributed by atoms with Gasteiger partial charge >= 0.3 is 0 Å². The number of benzene rings is 2. The average Bonchev–Trinajstić information content (AvgIpc) is 2.26. The molecule has 2 aromatic carbocycles. The van der Waals surface area contributed by atoms with Gasteiger partial charge in [0.1, 0.15) is 0 Å². The third kappa shape index (κ3) is 2.86. The molecule has 90 valence electrons. The molecule has 0 aliphatic carbocycles. The highest BCUT2D eigenvalue weighted by atomic mass is 15.0. The zero-order chi connectivity index (χ0) is 12.5. The van der Waals surface area contributed by atoms with Crippen LogP contribution < -0.4 is 5.32 Å². The summed E-state index contributed by atoms with van der Waals surface area (Å²) in [5, 5.41) is 6.29. The Balaban J connectivity index is 2.41. The van der Waals surface area contributed by atoms with Gasteiger partial charge in [-0.1, -0.05) is 42.5 Å². The fourth-order valence-electron chi connectivity index (χ4n) is 2.36. The highest BCUT2D eigenvalue weighted by Gasteiger charge is 2.16. The van der Waals surface area contributed by atoms with Crippen molar-refractivity contribution in [2.75, 3.05) is 0 Å². The molecule has 0 fully saturated rings. The van der Waals surface area contributed by atoms with Gasteiger partial charge in [-0.15, -0.1) is 0 Å². The molecule has 17 heavy (non-hydrogen) atoms. The van der Waals surface area contributed by atoms with Crippen molar-refractivity contribution in [3.63, 3.8) is 0 Å². The maximum atomic E-state index is 3.63. The normalized spacial score (nSPS) is 13.9. The summed E-state index contributed by atoms with van der Waals surface area (Å²) < 4.78 is 0. The van der Waals surface area contributed by atoms with Crippen LogP contribution in [-0.2, 0) is 0 Å². The van der Waals surface area contributed by atoms with Crippen LogP contribution in [0.5, 0.6) is 0 Å². The van der Waals surface area contributed by atoms with Crippen molar-refractivity contribution >= 4 is 10.8 Å². The molecule has 0 heterocycles. The second-order valence-electron chi connectivity index (χ2n) is 5.68. The SMILES string of the molecule is C[C@H](NC(C)(C)C)c1cccc2ccccc12. The molecule has 0 bridgehead atoms. The molecule has 0 aliphatic rings. The summed E-state index contributed by atoms with van der Waals surface area (Å²) in [5.41, 5.74) is 1.51. The predicted octanol–water partition coefficient (Wildman–Crippen LogP) is 4.29. The lowest BCUT2D eigenvalue weighted by Crippen LogP contribution is -2.37. The highest BCUT2D eigenvalue weighted by molar-refractivity contribution is 5.86. The van der Waals surface area contributed by atoms with Crippen LogP contribution in [0.4, 0.5) is 0 Å². The third-order valence-corrected chi connectivity index (χ3v) is 2.94. The first kappa shape index (κ1) is 12.1. The Morgan fingerprint density at radius 1 is 0.941 bits per heavy atom. The first-order valence-corrected chi connectivity index (χ1v) is 6.23. The zero-order valence-corrected chi connectivity index (χ0v) is 11.1. The third-order valence-electron chi connectivity index (χ3n) is 2.94. The Morgan fingerprint density at radius 3 is 2.29 bits per heavy atom. The first-order chi connectivity index (χ1) is 7.97. The largest absolute Gasteiger partial charge is 0.306 e. The quantitative estimate of drug-likeness (QED) is 0.807. The van der Waals surface area contributed by atoms with E-state index in [0.717, 1.165) is 0 Å². The van der Waals surface area contributed by atoms with Gasteiger partial charge in [0, 0.05) is 11.6 Å². The van der Waals surface area contributed by atoms with Gasteiger partial charge in [0.25, 0.3) is 0 Å². The maximum Gasteiger partial charge on any atom is 0.0302 e. The van der Waals surface area contributed by atoms with Crippen LogP contribution in [0.2, 0.25) is 0 Å². The molecule has 0 radical (unpaired) electrons. The molecule has 0 unspecified atom stereocenters. The maximum absolute atomic E-state index is 3.63. The van der Waals surface area contributed by atoms with E-state index in [1.807, 2.05) is 0 Å². The topological polar surface area (TPSA) is 12.0 Å². The molecule has 0 aliphatic heterocycles. The average molecular weight is 227 g/mol. The Bertz CT molecular complexity index is 503. The fourth-order valence-corrected chi connectivity index (χ4v) is 2.36. The molecule has 1 heteroatoms. The van der Waals surface area contributed by atoms with Gasteiger partial charge in [-0.05, 0) is 44.0 Å². The summed E-state index contributed by atoms with van der Waals surface area (Å²) in [4.78, 5) is 0. The minimum Gasteiger partial charge on any atom is -0.306 e. The summed E-state index contributed by atoms with van der Waals surface area (Å²) in [5.74, 6) is 0. The van der Waals surface area contributed by atoms with E-state index in [9.17, 15) is 0 Å². The molecule has 2 aromatic rings. The lowest BCUT2D eigenvalue weighted by Gasteiger charge is -2.27. The number of fused-ring (bicyclic) bond motifs is 1. The van der Waals surface area contributed by atoms with Crippen molar-refractivity contribution in [1.82, 2.24) is 5.32 Å². The van der Waals surface area contributed by atoms with Gasteiger partial charge in [0.15, 0.2) is 0 Å². The van der Waals surface area contributed by atoms with E-state index in [1.54, 1.807) is 0 Å². The van der Waals surface area contributed by atoms with E-state index < -0.39 is 0 Å². The first-order valence-electron chi connectivity index (χ1n) is 6.23. The second-order valence-corrected chi connectivity index (χ2v) is 5.68. The van der Waals surface area contributed by atoms with Crippen molar-refractivity contribution in [3.8, 4) is 0 Å². The van der Waals surface area contributed by atoms with Gasteiger partial charge in [-0.2, -0.15) is 0 Å². The van der Waals surface area contributed by atoms with Crippen LogP contribution in [0.25, 0.3) is 10.8 Å². The van der Waals surface area contributed by atoms with E-state index in [-0.39, 0.29) is 5.54 Å². The number of hydrogen-bond acceptors (Lipinski definition) is 1. The molecule has 0 aromatic heterocycles. The van der Waals surface area contributed by atoms with Crippen molar-refractivity contribution in [1.29, 1.82) is 0 Å². The summed E-state index contributed by atoms with van der Waals surface area (Å²) in [6.07, 6.45) is 0. The molecule has 1 atom stereocenters. The second kappa shape index (κ2) is 4.50. The molecule has 0 spiro atoms. The van der Waals surface area contributed by atoms with Crippen LogP contribution in [-0.4, -0.2) is 5.54 Å². The van der Waals surface area contributed by atoms with Crippen LogP contribution in [0, 0.1) is 0 Å². The lowest BCUT2D eigenvalue weighted by atomic mass is 9.97. The molecule has 0 saturated carbocycles. The van der Waals surface area contributed by atoms with Gasteiger partial charge in [-0.3, -0.25) is 0 Å². The van der Waals surface area contributed by atoms with Crippen molar-refractivity contribution in [2.45, 2.75) is 39.3 Å². The summed E-state index contributed by atoms with van der Waals surface area (Å²) in [7, 11) is 0. The zero-order valence-electron chi connectivity index (χ0n) is 11.1. The van der Waals surface area contributed by atoms with E-state index in [2.05, 4.69) is 75.5 Å². The van der Waals surface area contributed by atoms with Crippen LogP contribution >= 0.6 is 0 Å². The van der Waals surface area contributed by atoms with E-state index >= 15 is 0 Å². The van der Waals surface area contributed by atoms with Crippen molar-refractivity contribution in [2.24, 2.45) is 0 Å². The van der Waals surface area contributed by atoms with Crippen LogP contribution in [0.15, 0.2) is 42.5 Å². The summed E-state index contributed by atoms with van der Waals surface area (Å²) >= 11 is 0. The Labute approximate surface area is 104 Å². The molecular weight excluding hydrogens is 206 g/mol. The van der Waals surface area contributed by atoms with Gasteiger partial charge in [-0.25, -0.2) is 0 Å². The Morgan fingerprint density at radius 2 is 1.59 bits per heavy atom. The summed E-state index contributed by atoms with van der Waals surface area (Å²) in [6.45, 7) is 8.84.